The second-order valence-corrected chi connectivity index (χ2v) is 6.27. The van der Waals surface area contributed by atoms with E-state index in [9.17, 15) is 25.1 Å². The predicted molar refractivity (Wildman–Crippen MR) is 83.3 cm³/mol. The van der Waals surface area contributed by atoms with Gasteiger partial charge in [0.05, 0.1) is 4.92 Å². The summed E-state index contributed by atoms with van der Waals surface area (Å²) in [5, 5.41) is 33.0. The van der Waals surface area contributed by atoms with Gasteiger partial charge in [0.1, 0.15) is 22.8 Å². The highest BCUT2D eigenvalue weighted by molar-refractivity contribution is 6.32. The second-order valence-electron chi connectivity index (χ2n) is 5.86. The lowest BCUT2D eigenvalue weighted by Gasteiger charge is -2.22. The van der Waals surface area contributed by atoms with Gasteiger partial charge in [-0.1, -0.05) is 17.7 Å². The molecule has 0 spiro atoms. The lowest BCUT2D eigenvalue weighted by atomic mass is 10.0. The summed E-state index contributed by atoms with van der Waals surface area (Å²) in [6.07, 6.45) is -3.55. The molecular weight excluding hydrogens is 328 g/mol. The third-order valence-corrected chi connectivity index (χ3v) is 3.05. The summed E-state index contributed by atoms with van der Waals surface area (Å²) in [6.45, 7) is 4.77. The largest absolute Gasteiger partial charge is 0.444 e. The minimum atomic E-state index is -1.43. The van der Waals surface area contributed by atoms with Crippen LogP contribution in [0.4, 0.5) is 10.5 Å². The molecule has 0 aliphatic heterocycles. The number of nitrogens with zero attached hydrogens (tertiary/aromatic N) is 1. The van der Waals surface area contributed by atoms with Crippen LogP contribution in [0.25, 0.3) is 0 Å². The van der Waals surface area contributed by atoms with Gasteiger partial charge in [-0.05, 0) is 32.4 Å². The Kier molecular flexibility index (Phi) is 6.31. The van der Waals surface area contributed by atoms with Crippen molar-refractivity contribution in [2.75, 3.05) is 6.54 Å². The van der Waals surface area contributed by atoms with Crippen LogP contribution in [0.1, 0.15) is 32.4 Å². The number of benzene rings is 1. The van der Waals surface area contributed by atoms with Crippen molar-refractivity contribution in [3.63, 3.8) is 0 Å². The molecule has 1 aromatic carbocycles. The molecule has 128 valence electrons. The summed E-state index contributed by atoms with van der Waals surface area (Å²) >= 11 is 5.68. The Morgan fingerprint density at radius 1 is 1.43 bits per heavy atom. The fourth-order valence-electron chi connectivity index (χ4n) is 1.69. The van der Waals surface area contributed by atoms with Crippen LogP contribution in [0.15, 0.2) is 18.2 Å². The molecule has 0 saturated carbocycles. The third kappa shape index (κ3) is 6.01. The number of amides is 1. The monoisotopic (exact) mass is 346 g/mol. The zero-order valence-electron chi connectivity index (χ0n) is 12.9. The highest BCUT2D eigenvalue weighted by Crippen LogP contribution is 2.28. The Morgan fingerprint density at radius 3 is 2.57 bits per heavy atom. The van der Waals surface area contributed by atoms with Crippen molar-refractivity contribution in [1.82, 2.24) is 5.32 Å². The van der Waals surface area contributed by atoms with Crippen molar-refractivity contribution in [3.8, 4) is 0 Å². The molecule has 1 rings (SSSR count). The minimum absolute atomic E-state index is 0.0766. The standard InChI is InChI=1S/C14H19ClN2O6/c1-14(2,3)23-13(20)16-7-11(18)12(19)8-4-5-9(15)10(6-8)17(21)22/h4-6,11-12,18-19H,7H2,1-3H3,(H,16,20). The van der Waals surface area contributed by atoms with Gasteiger partial charge in [0.2, 0.25) is 0 Å². The molecule has 0 fully saturated rings. The summed E-state index contributed by atoms with van der Waals surface area (Å²) in [4.78, 5) is 21.6. The van der Waals surface area contributed by atoms with E-state index in [0.717, 1.165) is 6.07 Å². The molecule has 0 radical (unpaired) electrons. The van der Waals surface area contributed by atoms with Crippen molar-refractivity contribution in [2.24, 2.45) is 0 Å². The maximum Gasteiger partial charge on any atom is 0.407 e. The molecular formula is C14H19ClN2O6. The first kappa shape index (κ1) is 19.1. The van der Waals surface area contributed by atoms with Gasteiger partial charge < -0.3 is 20.3 Å². The van der Waals surface area contributed by atoms with Gasteiger partial charge in [-0.2, -0.15) is 0 Å². The van der Waals surface area contributed by atoms with Crippen LogP contribution >= 0.6 is 11.6 Å². The number of aliphatic hydroxyl groups is 2. The van der Waals surface area contributed by atoms with E-state index >= 15 is 0 Å². The van der Waals surface area contributed by atoms with Crippen molar-refractivity contribution < 1.29 is 24.7 Å². The van der Waals surface area contributed by atoms with Crippen molar-refractivity contribution in [2.45, 2.75) is 38.6 Å². The van der Waals surface area contributed by atoms with Crippen LogP contribution < -0.4 is 5.32 Å². The van der Waals surface area contributed by atoms with E-state index in [2.05, 4.69) is 5.32 Å². The molecule has 0 saturated heterocycles. The number of nitro benzene ring substituents is 1. The number of carbonyl (C=O) groups is 1. The number of aliphatic hydroxyl groups excluding tert-OH is 2. The topological polar surface area (TPSA) is 122 Å². The Hall–Kier alpha value is -1.90. The Morgan fingerprint density at radius 2 is 2.04 bits per heavy atom. The average molecular weight is 347 g/mol. The predicted octanol–water partition coefficient (Wildman–Crippen LogP) is 2.17. The molecule has 8 nitrogen and oxygen atoms in total. The molecule has 0 aliphatic carbocycles. The van der Waals surface area contributed by atoms with Crippen molar-refractivity contribution >= 4 is 23.4 Å². The first-order valence-electron chi connectivity index (χ1n) is 6.78. The molecule has 23 heavy (non-hydrogen) atoms. The third-order valence-electron chi connectivity index (χ3n) is 2.73. The Balaban J connectivity index is 2.70. The first-order valence-corrected chi connectivity index (χ1v) is 7.16. The Bertz CT molecular complexity index is 587. The van der Waals surface area contributed by atoms with Crippen LogP contribution in [0.2, 0.25) is 5.02 Å². The summed E-state index contributed by atoms with van der Waals surface area (Å²) < 4.78 is 4.99. The van der Waals surface area contributed by atoms with E-state index in [1.165, 1.54) is 12.1 Å². The average Bonchev–Trinajstić information content (AvgIpc) is 2.42. The molecule has 9 heteroatoms. The molecule has 2 unspecified atom stereocenters. The number of halogens is 1. The van der Waals surface area contributed by atoms with Gasteiger partial charge in [-0.3, -0.25) is 10.1 Å². The first-order chi connectivity index (χ1) is 10.5. The Labute approximate surface area is 138 Å². The molecule has 3 N–H and O–H groups in total. The van der Waals surface area contributed by atoms with Gasteiger partial charge in [0.15, 0.2) is 0 Å². The van der Waals surface area contributed by atoms with Crippen LogP contribution in [-0.2, 0) is 4.74 Å². The molecule has 0 aromatic heterocycles. The number of nitrogens with one attached hydrogen (secondary N) is 1. The number of ether oxygens (including phenoxy) is 1. The highest BCUT2D eigenvalue weighted by Gasteiger charge is 2.24. The van der Waals surface area contributed by atoms with Crippen molar-refractivity contribution in [3.05, 3.63) is 38.9 Å². The number of alkyl carbamates (subject to hydrolysis) is 1. The molecule has 0 heterocycles. The van der Waals surface area contributed by atoms with Crippen molar-refractivity contribution in [1.29, 1.82) is 0 Å². The van der Waals surface area contributed by atoms with Gasteiger partial charge >= 0.3 is 6.09 Å². The highest BCUT2D eigenvalue weighted by atomic mass is 35.5. The second kappa shape index (κ2) is 7.58. The van der Waals surface area contributed by atoms with E-state index < -0.39 is 28.8 Å². The van der Waals surface area contributed by atoms with Crippen LogP contribution in [0.5, 0.6) is 0 Å². The number of hydrogen-bond acceptors (Lipinski definition) is 6. The molecule has 0 aliphatic rings. The normalized spacial score (nSPS) is 14.0. The fraction of sp³-hybridized carbons (Fsp3) is 0.500. The van der Waals surface area contributed by atoms with Crippen LogP contribution in [0.3, 0.4) is 0 Å². The smallest absolute Gasteiger partial charge is 0.407 e. The number of nitro groups is 1. The van der Waals surface area contributed by atoms with E-state index in [1.807, 2.05) is 0 Å². The van der Waals surface area contributed by atoms with E-state index in [-0.39, 0.29) is 22.8 Å². The summed E-state index contributed by atoms with van der Waals surface area (Å²) in [5.74, 6) is 0. The summed E-state index contributed by atoms with van der Waals surface area (Å²) in [5.41, 5.74) is -0.958. The number of rotatable bonds is 5. The van der Waals surface area contributed by atoms with Gasteiger partial charge in [-0.15, -0.1) is 0 Å². The molecule has 1 amide bonds. The number of hydrogen-bond donors (Lipinski definition) is 3. The van der Waals surface area contributed by atoms with Crippen LogP contribution in [0, 0.1) is 10.1 Å². The number of carbonyl (C=O) groups excluding carboxylic acids is 1. The van der Waals surface area contributed by atoms with Gasteiger partial charge in [0, 0.05) is 12.6 Å². The van der Waals surface area contributed by atoms with Gasteiger partial charge in [0.25, 0.3) is 5.69 Å². The maximum atomic E-state index is 11.5. The zero-order valence-corrected chi connectivity index (χ0v) is 13.7. The maximum absolute atomic E-state index is 11.5. The zero-order chi connectivity index (χ0) is 17.8. The van der Waals surface area contributed by atoms with Crippen LogP contribution in [-0.4, -0.2) is 39.5 Å². The molecule has 0 bridgehead atoms. The fourth-order valence-corrected chi connectivity index (χ4v) is 1.88. The lowest BCUT2D eigenvalue weighted by Crippen LogP contribution is -2.38. The minimum Gasteiger partial charge on any atom is -0.444 e. The molecule has 1 aromatic rings. The van der Waals surface area contributed by atoms with Gasteiger partial charge in [-0.25, -0.2) is 4.79 Å². The SMILES string of the molecule is CC(C)(C)OC(=O)NCC(O)C(O)c1ccc(Cl)c([N+](=O)[O-])c1. The van der Waals surface area contributed by atoms with E-state index in [1.54, 1.807) is 20.8 Å². The van der Waals surface area contributed by atoms with E-state index in [0.29, 0.717) is 0 Å². The molecule has 2 atom stereocenters. The summed E-state index contributed by atoms with van der Waals surface area (Å²) in [7, 11) is 0. The lowest BCUT2D eigenvalue weighted by molar-refractivity contribution is -0.384. The summed E-state index contributed by atoms with van der Waals surface area (Å²) in [6, 6.07) is 3.69. The quantitative estimate of drug-likeness (QED) is 0.554. The van der Waals surface area contributed by atoms with E-state index in [4.69, 9.17) is 16.3 Å².